The molecule has 0 radical (unpaired) electrons. The number of carbonyl (C=O) groups is 1. The van der Waals surface area contributed by atoms with Crippen LogP contribution < -0.4 is 4.72 Å². The molecule has 0 bridgehead atoms. The van der Waals surface area contributed by atoms with Gasteiger partial charge in [-0.05, 0) is 30.6 Å². The summed E-state index contributed by atoms with van der Waals surface area (Å²) in [7, 11) is -3.51. The largest absolute Gasteiger partial charge is 0.481 e. The molecule has 1 aliphatic heterocycles. The molecular formula is C14H26N2O5S. The number of hydrogen-bond donors (Lipinski definition) is 2. The van der Waals surface area contributed by atoms with Crippen molar-refractivity contribution in [2.45, 2.75) is 45.6 Å². The predicted molar refractivity (Wildman–Crippen MR) is 81.6 cm³/mol. The summed E-state index contributed by atoms with van der Waals surface area (Å²) in [5.74, 6) is -0.562. The molecule has 2 rings (SSSR count). The molecule has 2 fully saturated rings. The molecule has 0 aromatic carbocycles. The van der Waals surface area contributed by atoms with Gasteiger partial charge in [-0.3, -0.25) is 4.79 Å². The first kappa shape index (κ1) is 17.7. The minimum absolute atomic E-state index is 0.136. The van der Waals surface area contributed by atoms with Gasteiger partial charge >= 0.3 is 5.97 Å². The second-order valence-electron chi connectivity index (χ2n) is 6.73. The highest BCUT2D eigenvalue weighted by molar-refractivity contribution is 7.87. The molecule has 1 aliphatic carbocycles. The van der Waals surface area contributed by atoms with Gasteiger partial charge in [-0.15, -0.1) is 0 Å². The number of rotatable bonds is 6. The van der Waals surface area contributed by atoms with E-state index in [0.29, 0.717) is 45.6 Å². The molecule has 22 heavy (non-hydrogen) atoms. The third kappa shape index (κ3) is 3.98. The van der Waals surface area contributed by atoms with Crippen LogP contribution in [0.3, 0.4) is 0 Å². The highest BCUT2D eigenvalue weighted by Gasteiger charge is 2.49. The topological polar surface area (TPSA) is 95.9 Å². The zero-order valence-electron chi connectivity index (χ0n) is 13.2. The van der Waals surface area contributed by atoms with E-state index in [9.17, 15) is 13.2 Å². The van der Waals surface area contributed by atoms with Gasteiger partial charge < -0.3 is 9.84 Å². The third-order valence-corrected chi connectivity index (χ3v) is 6.62. The average molecular weight is 334 g/mol. The molecule has 0 aromatic rings. The van der Waals surface area contributed by atoms with Gasteiger partial charge in [0.25, 0.3) is 10.2 Å². The normalized spacial score (nSPS) is 29.5. The minimum atomic E-state index is -3.51. The van der Waals surface area contributed by atoms with E-state index in [1.807, 2.05) is 13.8 Å². The number of carboxylic acids is 1. The van der Waals surface area contributed by atoms with E-state index in [0.717, 1.165) is 0 Å². The second kappa shape index (κ2) is 6.82. The lowest BCUT2D eigenvalue weighted by Gasteiger charge is -2.52. The second-order valence-corrected chi connectivity index (χ2v) is 8.43. The van der Waals surface area contributed by atoms with E-state index in [4.69, 9.17) is 9.84 Å². The Morgan fingerprint density at radius 1 is 1.36 bits per heavy atom. The van der Waals surface area contributed by atoms with Crippen LogP contribution >= 0.6 is 0 Å². The summed E-state index contributed by atoms with van der Waals surface area (Å²) in [6, 6.07) is -0.138. The maximum absolute atomic E-state index is 12.5. The van der Waals surface area contributed by atoms with E-state index >= 15 is 0 Å². The van der Waals surface area contributed by atoms with Gasteiger partial charge in [-0.25, -0.2) is 0 Å². The first-order chi connectivity index (χ1) is 10.2. The van der Waals surface area contributed by atoms with Crippen LogP contribution in [0, 0.1) is 11.3 Å². The molecule has 0 aromatic heterocycles. The van der Waals surface area contributed by atoms with Crippen molar-refractivity contribution in [1.29, 1.82) is 0 Å². The zero-order chi connectivity index (χ0) is 16.4. The van der Waals surface area contributed by atoms with Crippen LogP contribution in [-0.2, 0) is 19.7 Å². The third-order valence-electron chi connectivity index (χ3n) is 4.99. The van der Waals surface area contributed by atoms with Crippen molar-refractivity contribution in [2.75, 3.05) is 26.3 Å². The van der Waals surface area contributed by atoms with Crippen LogP contribution in [0.4, 0.5) is 0 Å². The summed E-state index contributed by atoms with van der Waals surface area (Å²) in [6.07, 6.45) is 2.13. The van der Waals surface area contributed by atoms with Crippen molar-refractivity contribution in [3.8, 4) is 0 Å². The first-order valence-electron chi connectivity index (χ1n) is 7.80. The lowest BCUT2D eigenvalue weighted by molar-refractivity contribution is -0.138. The standard InChI is InChI=1S/C14H26N2O5S/c1-14(2)11(4-5-13(17)18)10-12(14)15-22(19,20)16-6-3-8-21-9-7-16/h11-12,15H,3-10H2,1-2H3,(H,17,18)/t11-,12+/m1/s1. The summed E-state index contributed by atoms with van der Waals surface area (Å²) in [5.41, 5.74) is -0.217. The Morgan fingerprint density at radius 3 is 2.73 bits per heavy atom. The fourth-order valence-electron chi connectivity index (χ4n) is 3.22. The maximum Gasteiger partial charge on any atom is 0.303 e. The molecule has 8 heteroatoms. The van der Waals surface area contributed by atoms with Gasteiger partial charge in [0, 0.05) is 32.2 Å². The van der Waals surface area contributed by atoms with Gasteiger partial charge in [0.15, 0.2) is 0 Å². The lowest BCUT2D eigenvalue weighted by atomic mass is 9.57. The Labute approximate surface area is 132 Å². The SMILES string of the molecule is CC1(C)[C@H](CCC(=O)O)C[C@@H]1NS(=O)(=O)N1CCCOCC1. The molecule has 0 unspecified atom stereocenters. The molecule has 7 nitrogen and oxygen atoms in total. The first-order valence-corrected chi connectivity index (χ1v) is 9.24. The Bertz CT molecular complexity index is 497. The van der Waals surface area contributed by atoms with E-state index in [2.05, 4.69) is 4.72 Å². The summed E-state index contributed by atoms with van der Waals surface area (Å²) in [5, 5.41) is 8.77. The van der Waals surface area contributed by atoms with Crippen molar-refractivity contribution in [3.05, 3.63) is 0 Å². The summed E-state index contributed by atoms with van der Waals surface area (Å²) >= 11 is 0. The van der Waals surface area contributed by atoms with Crippen LogP contribution in [0.2, 0.25) is 0 Å². The van der Waals surface area contributed by atoms with E-state index in [1.165, 1.54) is 4.31 Å². The Hall–Kier alpha value is -0.700. The fraction of sp³-hybridized carbons (Fsp3) is 0.929. The van der Waals surface area contributed by atoms with E-state index in [-0.39, 0.29) is 23.8 Å². The van der Waals surface area contributed by atoms with Gasteiger partial charge in [-0.1, -0.05) is 13.8 Å². The van der Waals surface area contributed by atoms with Crippen LogP contribution in [0.15, 0.2) is 0 Å². The molecular weight excluding hydrogens is 308 g/mol. The number of nitrogens with zero attached hydrogens (tertiary/aromatic N) is 1. The fourth-order valence-corrected chi connectivity index (χ4v) is 4.81. The van der Waals surface area contributed by atoms with Crippen LogP contribution in [0.5, 0.6) is 0 Å². The van der Waals surface area contributed by atoms with Crippen molar-refractivity contribution >= 4 is 16.2 Å². The van der Waals surface area contributed by atoms with Gasteiger partial charge in [-0.2, -0.15) is 17.4 Å². The highest BCUT2D eigenvalue weighted by Crippen LogP contribution is 2.48. The number of hydrogen-bond acceptors (Lipinski definition) is 4. The molecule has 2 atom stereocenters. The quantitative estimate of drug-likeness (QED) is 0.750. The molecule has 1 heterocycles. The molecule has 1 saturated carbocycles. The Kier molecular flexibility index (Phi) is 5.47. The van der Waals surface area contributed by atoms with Gasteiger partial charge in [0.2, 0.25) is 0 Å². The predicted octanol–water partition coefficient (Wildman–Crippen LogP) is 0.823. The molecule has 0 amide bonds. The van der Waals surface area contributed by atoms with Crippen molar-refractivity contribution in [2.24, 2.45) is 11.3 Å². The summed E-state index contributed by atoms with van der Waals surface area (Å²) in [6.45, 7) is 5.88. The Morgan fingerprint density at radius 2 is 2.09 bits per heavy atom. The smallest absolute Gasteiger partial charge is 0.303 e. The van der Waals surface area contributed by atoms with Crippen LogP contribution in [-0.4, -0.2) is 56.1 Å². The van der Waals surface area contributed by atoms with Crippen LogP contribution in [0.25, 0.3) is 0 Å². The molecule has 2 aliphatic rings. The van der Waals surface area contributed by atoms with E-state index < -0.39 is 16.2 Å². The summed E-state index contributed by atoms with van der Waals surface area (Å²) < 4.78 is 34.5. The van der Waals surface area contributed by atoms with Gasteiger partial charge in [0.05, 0.1) is 6.61 Å². The highest BCUT2D eigenvalue weighted by atomic mass is 32.2. The van der Waals surface area contributed by atoms with Crippen LogP contribution in [0.1, 0.15) is 39.5 Å². The van der Waals surface area contributed by atoms with Crippen molar-refractivity contribution in [3.63, 3.8) is 0 Å². The number of aliphatic carboxylic acids is 1. The average Bonchev–Trinajstić information content (AvgIpc) is 2.71. The minimum Gasteiger partial charge on any atom is -0.481 e. The number of nitrogens with one attached hydrogen (secondary N) is 1. The van der Waals surface area contributed by atoms with Crippen molar-refractivity contribution in [1.82, 2.24) is 9.03 Å². The molecule has 2 N–H and O–H groups in total. The molecule has 0 spiro atoms. The van der Waals surface area contributed by atoms with Gasteiger partial charge in [0.1, 0.15) is 0 Å². The monoisotopic (exact) mass is 334 g/mol. The van der Waals surface area contributed by atoms with E-state index in [1.54, 1.807) is 0 Å². The Balaban J connectivity index is 1.92. The maximum atomic E-state index is 12.5. The lowest BCUT2D eigenvalue weighted by Crippen LogP contribution is -2.60. The molecule has 128 valence electrons. The zero-order valence-corrected chi connectivity index (χ0v) is 14.1. The molecule has 1 saturated heterocycles. The van der Waals surface area contributed by atoms with Crippen molar-refractivity contribution < 1.29 is 23.1 Å². The summed E-state index contributed by atoms with van der Waals surface area (Å²) in [4.78, 5) is 10.7. The number of carboxylic acid groups (broad SMARTS) is 1. The number of ether oxygens (including phenoxy) is 1.